The summed E-state index contributed by atoms with van der Waals surface area (Å²) in [6.07, 6.45) is 7.44. The molecule has 0 bridgehead atoms. The summed E-state index contributed by atoms with van der Waals surface area (Å²) < 4.78 is 0. The van der Waals surface area contributed by atoms with Crippen LogP contribution in [0.2, 0.25) is 0 Å². The van der Waals surface area contributed by atoms with Crippen molar-refractivity contribution < 1.29 is 0 Å². The van der Waals surface area contributed by atoms with E-state index in [1.54, 1.807) is 41.7 Å². The summed E-state index contributed by atoms with van der Waals surface area (Å²) >= 11 is 3.46. The van der Waals surface area contributed by atoms with Crippen LogP contribution < -0.4 is 10.9 Å². The SMILES string of the molecule is O=c1[nH]c(NCCSCc2nccs2)ncc1Cc1ccncc1. The lowest BCUT2D eigenvalue weighted by Gasteiger charge is -2.06. The van der Waals surface area contributed by atoms with Gasteiger partial charge >= 0.3 is 0 Å². The van der Waals surface area contributed by atoms with Crippen LogP contribution in [0.1, 0.15) is 16.1 Å². The van der Waals surface area contributed by atoms with Crippen molar-refractivity contribution in [1.29, 1.82) is 0 Å². The largest absolute Gasteiger partial charge is 0.355 e. The molecule has 3 aromatic heterocycles. The third-order valence-corrected chi connectivity index (χ3v) is 5.20. The van der Waals surface area contributed by atoms with E-state index in [1.165, 1.54) is 0 Å². The van der Waals surface area contributed by atoms with Gasteiger partial charge in [0.2, 0.25) is 5.95 Å². The average molecular weight is 359 g/mol. The minimum atomic E-state index is -0.111. The fourth-order valence-electron chi connectivity index (χ4n) is 2.08. The number of rotatable bonds is 8. The maximum atomic E-state index is 12.1. The first-order chi connectivity index (χ1) is 11.8. The molecule has 24 heavy (non-hydrogen) atoms. The van der Waals surface area contributed by atoms with Gasteiger partial charge in [0.1, 0.15) is 5.01 Å². The maximum Gasteiger partial charge on any atom is 0.255 e. The molecular formula is C16H17N5OS2. The summed E-state index contributed by atoms with van der Waals surface area (Å²) in [5.41, 5.74) is 1.57. The van der Waals surface area contributed by atoms with Gasteiger partial charge in [-0.1, -0.05) is 0 Å². The Labute approximate surface area is 147 Å². The number of aromatic nitrogens is 4. The van der Waals surface area contributed by atoms with Crippen LogP contribution in [-0.4, -0.2) is 32.2 Å². The van der Waals surface area contributed by atoms with Crippen LogP contribution in [0.5, 0.6) is 0 Å². The molecule has 0 saturated carbocycles. The molecule has 124 valence electrons. The van der Waals surface area contributed by atoms with Crippen molar-refractivity contribution in [2.45, 2.75) is 12.2 Å². The Hall–Kier alpha value is -2.19. The van der Waals surface area contributed by atoms with Gasteiger partial charge in [-0.15, -0.1) is 11.3 Å². The molecule has 6 nitrogen and oxygen atoms in total. The molecule has 0 fully saturated rings. The molecule has 0 aliphatic rings. The number of thioether (sulfide) groups is 1. The van der Waals surface area contributed by atoms with Gasteiger partial charge in [-0.3, -0.25) is 14.8 Å². The van der Waals surface area contributed by atoms with Crippen LogP contribution in [0.3, 0.4) is 0 Å². The van der Waals surface area contributed by atoms with Gasteiger partial charge in [0.25, 0.3) is 5.56 Å². The standard InChI is InChI=1S/C16H17N5OS2/c22-15-13(9-12-1-3-17-4-2-12)10-20-16(21-15)19-5-7-23-11-14-18-6-8-24-14/h1-4,6,8,10H,5,7,9,11H2,(H2,19,20,21,22). The van der Waals surface area contributed by atoms with E-state index in [-0.39, 0.29) is 5.56 Å². The van der Waals surface area contributed by atoms with Crippen molar-refractivity contribution >= 4 is 29.0 Å². The quantitative estimate of drug-likeness (QED) is 0.602. The first kappa shape index (κ1) is 16.7. The molecule has 0 atom stereocenters. The maximum absolute atomic E-state index is 12.1. The van der Waals surface area contributed by atoms with Crippen molar-refractivity contribution in [3.05, 3.63) is 68.8 Å². The predicted octanol–water partition coefficient (Wildman–Crippen LogP) is 2.56. The highest BCUT2D eigenvalue weighted by Crippen LogP contribution is 2.13. The zero-order chi connectivity index (χ0) is 16.6. The second-order valence-corrected chi connectivity index (χ2v) is 7.11. The summed E-state index contributed by atoms with van der Waals surface area (Å²) in [6, 6.07) is 3.79. The van der Waals surface area contributed by atoms with Gasteiger partial charge in [-0.2, -0.15) is 11.8 Å². The summed E-state index contributed by atoms with van der Waals surface area (Å²) in [5, 5.41) is 6.26. The van der Waals surface area contributed by atoms with Gasteiger partial charge in [0.05, 0.1) is 0 Å². The lowest BCUT2D eigenvalue weighted by molar-refractivity contribution is 1.00. The number of hydrogen-bond donors (Lipinski definition) is 2. The average Bonchev–Trinajstić information content (AvgIpc) is 3.11. The summed E-state index contributed by atoms with van der Waals surface area (Å²) in [7, 11) is 0. The molecule has 0 saturated heterocycles. The lowest BCUT2D eigenvalue weighted by atomic mass is 10.1. The first-order valence-electron chi connectivity index (χ1n) is 7.48. The Bertz CT molecular complexity index is 805. The van der Waals surface area contributed by atoms with Gasteiger partial charge in [-0.25, -0.2) is 9.97 Å². The van der Waals surface area contributed by atoms with Crippen LogP contribution in [0.4, 0.5) is 5.95 Å². The zero-order valence-electron chi connectivity index (χ0n) is 12.9. The van der Waals surface area contributed by atoms with E-state index < -0.39 is 0 Å². The molecule has 0 spiro atoms. The van der Waals surface area contributed by atoms with Gasteiger partial charge in [-0.05, 0) is 17.7 Å². The highest BCUT2D eigenvalue weighted by molar-refractivity contribution is 7.98. The third-order valence-electron chi connectivity index (χ3n) is 3.26. The number of nitrogens with zero attached hydrogens (tertiary/aromatic N) is 3. The molecular weight excluding hydrogens is 342 g/mol. The number of anilines is 1. The van der Waals surface area contributed by atoms with E-state index in [0.29, 0.717) is 17.9 Å². The summed E-state index contributed by atoms with van der Waals surface area (Å²) in [5.74, 6) is 2.34. The van der Waals surface area contributed by atoms with Crippen molar-refractivity contribution in [3.63, 3.8) is 0 Å². The van der Waals surface area contributed by atoms with Crippen molar-refractivity contribution in [1.82, 2.24) is 19.9 Å². The number of hydrogen-bond acceptors (Lipinski definition) is 7. The predicted molar refractivity (Wildman–Crippen MR) is 98.7 cm³/mol. The Balaban J connectivity index is 1.47. The molecule has 0 aromatic carbocycles. The van der Waals surface area contributed by atoms with Gasteiger partial charge in [0.15, 0.2) is 0 Å². The Kier molecular flexibility index (Phi) is 5.97. The monoisotopic (exact) mass is 359 g/mol. The normalized spacial score (nSPS) is 10.7. The fraction of sp³-hybridized carbons (Fsp3) is 0.250. The van der Waals surface area contributed by atoms with E-state index in [0.717, 1.165) is 28.6 Å². The number of nitrogens with one attached hydrogen (secondary N) is 2. The molecule has 0 aliphatic carbocycles. The van der Waals surface area contributed by atoms with Crippen LogP contribution in [-0.2, 0) is 12.2 Å². The molecule has 3 aromatic rings. The minimum absolute atomic E-state index is 0.111. The molecule has 3 heterocycles. The highest BCUT2D eigenvalue weighted by atomic mass is 32.2. The number of H-pyrrole nitrogens is 1. The summed E-state index contributed by atoms with van der Waals surface area (Å²) in [6.45, 7) is 0.739. The number of thiazole rings is 1. The molecule has 0 amide bonds. The molecule has 0 unspecified atom stereocenters. The van der Waals surface area contributed by atoms with Crippen molar-refractivity contribution in [2.24, 2.45) is 0 Å². The fourth-order valence-corrected chi connectivity index (χ4v) is 3.65. The molecule has 0 radical (unpaired) electrons. The molecule has 8 heteroatoms. The van der Waals surface area contributed by atoms with Crippen LogP contribution in [0, 0.1) is 0 Å². The Morgan fingerprint density at radius 2 is 2.08 bits per heavy atom. The van der Waals surface area contributed by atoms with E-state index in [4.69, 9.17) is 0 Å². The topological polar surface area (TPSA) is 83.6 Å². The zero-order valence-corrected chi connectivity index (χ0v) is 14.6. The van der Waals surface area contributed by atoms with Crippen molar-refractivity contribution in [3.8, 4) is 0 Å². The first-order valence-corrected chi connectivity index (χ1v) is 9.52. The van der Waals surface area contributed by atoms with E-state index in [9.17, 15) is 4.79 Å². The van der Waals surface area contributed by atoms with Crippen LogP contribution >= 0.6 is 23.1 Å². The third kappa shape index (κ3) is 4.90. The van der Waals surface area contributed by atoms with Crippen LogP contribution in [0.15, 0.2) is 47.1 Å². The highest BCUT2D eigenvalue weighted by Gasteiger charge is 2.04. The van der Waals surface area contributed by atoms with Crippen molar-refractivity contribution in [2.75, 3.05) is 17.6 Å². The molecule has 3 rings (SSSR count). The second-order valence-electron chi connectivity index (χ2n) is 5.02. The summed E-state index contributed by atoms with van der Waals surface area (Å²) in [4.78, 5) is 27.4. The van der Waals surface area contributed by atoms with E-state index in [1.807, 2.05) is 23.7 Å². The van der Waals surface area contributed by atoms with E-state index in [2.05, 4.69) is 25.3 Å². The molecule has 2 N–H and O–H groups in total. The number of pyridine rings is 1. The van der Waals surface area contributed by atoms with Gasteiger partial charge < -0.3 is 5.32 Å². The Morgan fingerprint density at radius 1 is 1.21 bits per heavy atom. The van der Waals surface area contributed by atoms with Gasteiger partial charge in [0, 0.05) is 60.2 Å². The smallest absolute Gasteiger partial charge is 0.255 e. The molecule has 0 aliphatic heterocycles. The second kappa shape index (κ2) is 8.60. The Morgan fingerprint density at radius 3 is 2.83 bits per heavy atom. The minimum Gasteiger partial charge on any atom is -0.355 e. The van der Waals surface area contributed by atoms with Crippen LogP contribution in [0.25, 0.3) is 0 Å². The lowest BCUT2D eigenvalue weighted by Crippen LogP contribution is -2.18. The number of aromatic amines is 1. The van der Waals surface area contributed by atoms with E-state index >= 15 is 0 Å².